The summed E-state index contributed by atoms with van der Waals surface area (Å²) in [5, 5.41) is 22.8. The fourth-order valence-electron chi connectivity index (χ4n) is 5.18. The lowest BCUT2D eigenvalue weighted by atomic mass is 9.92. The molecule has 1 unspecified atom stereocenters. The number of hydrogen-bond donors (Lipinski definition) is 0. The summed E-state index contributed by atoms with van der Waals surface area (Å²) in [7, 11) is 0. The molecule has 1 heterocycles. The first kappa shape index (κ1) is 22.9. The number of fused-ring (bicyclic) bond motifs is 1. The molecule has 3 aliphatic rings. The lowest BCUT2D eigenvalue weighted by Crippen LogP contribution is -2.34. The monoisotopic (exact) mass is 484 g/mol. The Balaban J connectivity index is 1.42. The van der Waals surface area contributed by atoms with Crippen LogP contribution in [0.15, 0.2) is 36.4 Å². The molecule has 1 aliphatic heterocycles. The zero-order chi connectivity index (χ0) is 24.6. The van der Waals surface area contributed by atoms with Crippen molar-refractivity contribution in [3.63, 3.8) is 0 Å². The molecule has 11 nitrogen and oxygen atoms in total. The molecule has 0 N–H and O–H groups in total. The first-order chi connectivity index (χ1) is 16.8. The summed E-state index contributed by atoms with van der Waals surface area (Å²) in [4.78, 5) is 34.4. The number of benzene rings is 2. The number of carbonyl (C=O) groups is 1. The van der Waals surface area contributed by atoms with Crippen LogP contribution in [-0.4, -0.2) is 21.8 Å². The average Bonchev–Trinajstić information content (AvgIpc) is 3.58. The van der Waals surface area contributed by atoms with E-state index < -0.39 is 27.9 Å². The Morgan fingerprint density at radius 3 is 2.17 bits per heavy atom. The van der Waals surface area contributed by atoms with Crippen molar-refractivity contribution >= 4 is 17.5 Å². The Morgan fingerprint density at radius 2 is 1.57 bits per heavy atom. The predicted molar refractivity (Wildman–Crippen MR) is 120 cm³/mol. The van der Waals surface area contributed by atoms with Gasteiger partial charge in [0.2, 0.25) is 0 Å². The number of ether oxygens (including phenoxy) is 4. The van der Waals surface area contributed by atoms with Crippen molar-refractivity contribution in [3.8, 4) is 17.2 Å². The Hall–Kier alpha value is -3.89. The van der Waals surface area contributed by atoms with E-state index in [0.717, 1.165) is 38.5 Å². The molecule has 2 aromatic carbocycles. The van der Waals surface area contributed by atoms with Crippen molar-refractivity contribution in [1.29, 1.82) is 0 Å². The lowest BCUT2D eigenvalue weighted by molar-refractivity contribution is -0.386. The van der Waals surface area contributed by atoms with Gasteiger partial charge in [-0.05, 0) is 43.9 Å². The predicted octanol–water partition coefficient (Wildman–Crippen LogP) is 5.99. The quantitative estimate of drug-likeness (QED) is 0.209. The van der Waals surface area contributed by atoms with Crippen LogP contribution in [0.25, 0.3) is 0 Å². The second-order valence-corrected chi connectivity index (χ2v) is 9.12. The van der Waals surface area contributed by atoms with Gasteiger partial charge in [0.05, 0.1) is 21.5 Å². The summed E-state index contributed by atoms with van der Waals surface area (Å²) in [6.45, 7) is 0. The van der Waals surface area contributed by atoms with Gasteiger partial charge in [-0.1, -0.05) is 12.8 Å². The van der Waals surface area contributed by atoms with E-state index in [1.165, 1.54) is 30.3 Å². The summed E-state index contributed by atoms with van der Waals surface area (Å²) >= 11 is 0. The van der Waals surface area contributed by atoms with Gasteiger partial charge in [-0.25, -0.2) is 4.79 Å². The molecule has 11 heteroatoms. The third-order valence-electron chi connectivity index (χ3n) is 6.85. The minimum Gasteiger partial charge on any atom is -0.448 e. The maximum Gasteiger partial charge on any atom is 0.514 e. The van der Waals surface area contributed by atoms with E-state index in [4.69, 9.17) is 18.9 Å². The molecule has 2 aliphatic carbocycles. The zero-order valence-electron chi connectivity index (χ0n) is 18.8. The van der Waals surface area contributed by atoms with Crippen LogP contribution in [0.4, 0.5) is 16.2 Å². The zero-order valence-corrected chi connectivity index (χ0v) is 18.8. The highest BCUT2D eigenvalue weighted by Crippen LogP contribution is 2.51. The number of nitro benzene ring substituents is 2. The van der Waals surface area contributed by atoms with Crippen molar-refractivity contribution in [2.45, 2.75) is 63.3 Å². The Morgan fingerprint density at radius 1 is 0.943 bits per heavy atom. The summed E-state index contributed by atoms with van der Waals surface area (Å²) in [5.41, 5.74) is -0.118. The SMILES string of the molecule is O=C(Oc1ccc([N+](=O)[O-])cc1)OC(c1cc2c(cc1[N+](=O)[O-])OC1(CCCC1)O2)C1CCCC1. The Kier molecular flexibility index (Phi) is 5.91. The molecule has 5 rings (SSSR count). The summed E-state index contributed by atoms with van der Waals surface area (Å²) < 4.78 is 23.0. The van der Waals surface area contributed by atoms with E-state index in [1.54, 1.807) is 6.07 Å². The molecule has 2 aromatic rings. The minimum atomic E-state index is -1.05. The van der Waals surface area contributed by atoms with E-state index in [1.807, 2.05) is 0 Å². The first-order valence-electron chi connectivity index (χ1n) is 11.7. The number of rotatable bonds is 6. The smallest absolute Gasteiger partial charge is 0.448 e. The van der Waals surface area contributed by atoms with Crippen LogP contribution in [0.3, 0.4) is 0 Å². The third kappa shape index (κ3) is 4.58. The fourth-order valence-corrected chi connectivity index (χ4v) is 5.18. The van der Waals surface area contributed by atoms with Crippen molar-refractivity contribution in [1.82, 2.24) is 0 Å². The van der Waals surface area contributed by atoms with Crippen LogP contribution in [0.2, 0.25) is 0 Å². The molecular formula is C24H24N2O9. The molecule has 0 radical (unpaired) electrons. The van der Waals surface area contributed by atoms with Crippen LogP contribution >= 0.6 is 0 Å². The maximum atomic E-state index is 12.7. The fraction of sp³-hybridized carbons (Fsp3) is 0.458. The second-order valence-electron chi connectivity index (χ2n) is 9.12. The van der Waals surface area contributed by atoms with Crippen LogP contribution in [0.1, 0.15) is 63.0 Å². The standard InChI is InChI=1S/C24H24N2O9/c27-23(32-17-9-7-16(8-10-17)25(28)29)33-22(15-5-1-2-6-15)18-13-20-21(14-19(18)26(30)31)35-24(34-20)11-3-4-12-24/h7-10,13-15,22H,1-6,11-12H2. The van der Waals surface area contributed by atoms with E-state index >= 15 is 0 Å². The molecule has 0 amide bonds. The Labute approximate surface area is 200 Å². The molecule has 1 spiro atoms. The molecule has 0 saturated heterocycles. The van der Waals surface area contributed by atoms with Gasteiger partial charge in [0, 0.05) is 30.9 Å². The van der Waals surface area contributed by atoms with Gasteiger partial charge in [0.25, 0.3) is 17.2 Å². The summed E-state index contributed by atoms with van der Waals surface area (Å²) in [5.74, 6) is -0.121. The summed E-state index contributed by atoms with van der Waals surface area (Å²) in [6.07, 6.45) is 4.66. The third-order valence-corrected chi connectivity index (χ3v) is 6.85. The molecular weight excluding hydrogens is 460 g/mol. The molecule has 184 valence electrons. The number of carbonyl (C=O) groups excluding carboxylic acids is 1. The van der Waals surface area contributed by atoms with Crippen LogP contribution in [0, 0.1) is 26.1 Å². The molecule has 2 fully saturated rings. The van der Waals surface area contributed by atoms with Gasteiger partial charge < -0.3 is 18.9 Å². The van der Waals surface area contributed by atoms with E-state index in [-0.39, 0.29) is 28.6 Å². The number of nitrogens with zero attached hydrogens (tertiary/aromatic N) is 2. The average molecular weight is 484 g/mol. The molecule has 0 bridgehead atoms. The second kappa shape index (κ2) is 9.05. The topological polar surface area (TPSA) is 140 Å². The first-order valence-corrected chi connectivity index (χ1v) is 11.7. The Bertz CT molecular complexity index is 1150. The van der Waals surface area contributed by atoms with Gasteiger partial charge in [-0.15, -0.1) is 0 Å². The molecule has 2 saturated carbocycles. The van der Waals surface area contributed by atoms with Crippen molar-refractivity contribution < 1.29 is 33.6 Å². The summed E-state index contributed by atoms with van der Waals surface area (Å²) in [6, 6.07) is 7.90. The molecule has 35 heavy (non-hydrogen) atoms. The number of nitro groups is 2. The minimum absolute atomic E-state index is 0.0640. The van der Waals surface area contributed by atoms with Gasteiger partial charge in [-0.2, -0.15) is 0 Å². The van der Waals surface area contributed by atoms with Crippen molar-refractivity contribution in [3.05, 3.63) is 62.2 Å². The largest absolute Gasteiger partial charge is 0.514 e. The highest BCUT2D eigenvalue weighted by atomic mass is 16.7. The highest BCUT2D eigenvalue weighted by molar-refractivity contribution is 5.65. The molecule has 1 atom stereocenters. The van der Waals surface area contributed by atoms with E-state index in [9.17, 15) is 25.0 Å². The molecule has 0 aromatic heterocycles. The number of hydrogen-bond acceptors (Lipinski definition) is 9. The van der Waals surface area contributed by atoms with Gasteiger partial charge in [-0.3, -0.25) is 20.2 Å². The van der Waals surface area contributed by atoms with E-state index in [2.05, 4.69) is 0 Å². The van der Waals surface area contributed by atoms with E-state index in [0.29, 0.717) is 24.3 Å². The normalized spacial score (nSPS) is 19.0. The van der Waals surface area contributed by atoms with Crippen LogP contribution in [0.5, 0.6) is 17.2 Å². The maximum absolute atomic E-state index is 12.7. The number of non-ortho nitro benzene ring substituents is 1. The van der Waals surface area contributed by atoms with Gasteiger partial charge in [0.1, 0.15) is 11.9 Å². The lowest BCUT2D eigenvalue weighted by Gasteiger charge is -2.23. The van der Waals surface area contributed by atoms with Crippen molar-refractivity contribution in [2.75, 3.05) is 0 Å². The van der Waals surface area contributed by atoms with Crippen molar-refractivity contribution in [2.24, 2.45) is 5.92 Å². The van der Waals surface area contributed by atoms with Crippen LogP contribution in [-0.2, 0) is 4.74 Å². The van der Waals surface area contributed by atoms with Gasteiger partial charge in [0.15, 0.2) is 11.5 Å². The van der Waals surface area contributed by atoms with Gasteiger partial charge >= 0.3 is 6.16 Å². The van der Waals surface area contributed by atoms with Crippen LogP contribution < -0.4 is 14.2 Å². The highest BCUT2D eigenvalue weighted by Gasteiger charge is 2.46.